The molecule has 3 heteroatoms. The van der Waals surface area contributed by atoms with E-state index in [1.54, 1.807) is 7.11 Å². The summed E-state index contributed by atoms with van der Waals surface area (Å²) >= 11 is 0. The van der Waals surface area contributed by atoms with E-state index in [0.717, 1.165) is 23.9 Å². The minimum Gasteiger partial charge on any atom is -0.495 e. The molecular formula is C14H18N2O. The van der Waals surface area contributed by atoms with Crippen LogP contribution in [0.1, 0.15) is 24.1 Å². The van der Waals surface area contributed by atoms with Crippen molar-refractivity contribution in [1.29, 1.82) is 0 Å². The van der Waals surface area contributed by atoms with Gasteiger partial charge in [0.15, 0.2) is 0 Å². The Balaban J connectivity index is 1.94. The highest BCUT2D eigenvalue weighted by atomic mass is 16.5. The van der Waals surface area contributed by atoms with Gasteiger partial charge in [-0.1, -0.05) is 6.08 Å². The third kappa shape index (κ3) is 1.75. The molecule has 0 saturated carbocycles. The van der Waals surface area contributed by atoms with E-state index in [4.69, 9.17) is 4.74 Å². The van der Waals surface area contributed by atoms with Gasteiger partial charge in [-0.3, -0.25) is 4.98 Å². The van der Waals surface area contributed by atoms with Gasteiger partial charge in [-0.25, -0.2) is 0 Å². The molecule has 1 fully saturated rings. The van der Waals surface area contributed by atoms with Gasteiger partial charge >= 0.3 is 0 Å². The van der Waals surface area contributed by atoms with E-state index in [2.05, 4.69) is 22.4 Å². The van der Waals surface area contributed by atoms with Gasteiger partial charge in [0, 0.05) is 17.8 Å². The number of hydrogen-bond donors (Lipinski definition) is 1. The van der Waals surface area contributed by atoms with Crippen LogP contribution in [0.2, 0.25) is 0 Å². The van der Waals surface area contributed by atoms with Crippen molar-refractivity contribution in [3.05, 3.63) is 29.6 Å². The molecule has 90 valence electrons. The maximum absolute atomic E-state index is 5.35. The lowest BCUT2D eigenvalue weighted by Gasteiger charge is -2.16. The Morgan fingerprint density at radius 2 is 2.35 bits per heavy atom. The van der Waals surface area contributed by atoms with Gasteiger partial charge in [0.1, 0.15) is 5.75 Å². The summed E-state index contributed by atoms with van der Waals surface area (Å²) in [6.07, 6.45) is 6.81. The predicted octanol–water partition coefficient (Wildman–Crippen LogP) is 2.16. The minimum absolute atomic E-state index is 0.532. The van der Waals surface area contributed by atoms with Gasteiger partial charge < -0.3 is 10.1 Å². The molecule has 1 N–H and O–H groups in total. The van der Waals surface area contributed by atoms with E-state index in [1.165, 1.54) is 24.0 Å². The molecule has 1 aromatic heterocycles. The summed E-state index contributed by atoms with van der Waals surface area (Å²) in [4.78, 5) is 4.42. The van der Waals surface area contributed by atoms with Crippen molar-refractivity contribution in [2.75, 3.05) is 13.7 Å². The molecule has 2 aliphatic rings. The molecule has 3 nitrogen and oxygen atoms in total. The minimum atomic E-state index is 0.532. The first kappa shape index (κ1) is 10.8. The van der Waals surface area contributed by atoms with Crippen LogP contribution in [0.25, 0.3) is 5.57 Å². The summed E-state index contributed by atoms with van der Waals surface area (Å²) in [5, 5.41) is 3.58. The lowest BCUT2D eigenvalue weighted by molar-refractivity contribution is 0.409. The van der Waals surface area contributed by atoms with Gasteiger partial charge in [-0.2, -0.15) is 0 Å². The summed E-state index contributed by atoms with van der Waals surface area (Å²) in [5.41, 5.74) is 3.55. The summed E-state index contributed by atoms with van der Waals surface area (Å²) in [5.74, 6) is 1.67. The fourth-order valence-electron chi connectivity index (χ4n) is 2.96. The van der Waals surface area contributed by atoms with Crippen LogP contribution < -0.4 is 10.1 Å². The van der Waals surface area contributed by atoms with Crippen LogP contribution in [-0.2, 0) is 0 Å². The molecule has 0 aromatic carbocycles. The van der Waals surface area contributed by atoms with Crippen LogP contribution in [-0.4, -0.2) is 24.7 Å². The maximum atomic E-state index is 5.35. The fourth-order valence-corrected chi connectivity index (χ4v) is 2.96. The number of nitrogens with zero attached hydrogens (tertiary/aromatic N) is 1. The number of allylic oxidation sites excluding steroid dienone is 1. The van der Waals surface area contributed by atoms with E-state index < -0.39 is 0 Å². The second kappa shape index (κ2) is 4.15. The molecule has 17 heavy (non-hydrogen) atoms. The lowest BCUT2D eigenvalue weighted by atomic mass is 9.97. The van der Waals surface area contributed by atoms with Crippen molar-refractivity contribution in [2.45, 2.75) is 25.8 Å². The fraction of sp³-hybridized carbons (Fsp3) is 0.500. The average Bonchev–Trinajstić information content (AvgIpc) is 2.92. The van der Waals surface area contributed by atoms with Crippen molar-refractivity contribution in [2.24, 2.45) is 5.92 Å². The molecule has 0 unspecified atom stereocenters. The molecule has 1 aromatic rings. The highest BCUT2D eigenvalue weighted by Gasteiger charge is 2.34. The Morgan fingerprint density at radius 3 is 3.18 bits per heavy atom. The number of aryl methyl sites for hydroxylation is 1. The Kier molecular flexibility index (Phi) is 2.63. The topological polar surface area (TPSA) is 34.1 Å². The summed E-state index contributed by atoms with van der Waals surface area (Å²) in [6.45, 7) is 3.12. The number of pyridine rings is 1. The normalized spacial score (nSPS) is 26.8. The van der Waals surface area contributed by atoms with Crippen molar-refractivity contribution in [1.82, 2.24) is 10.3 Å². The number of aromatic nitrogens is 1. The second-order valence-electron chi connectivity index (χ2n) is 4.89. The van der Waals surface area contributed by atoms with Crippen molar-refractivity contribution in [3.8, 4) is 5.75 Å². The summed E-state index contributed by atoms with van der Waals surface area (Å²) in [6, 6.07) is 2.64. The number of rotatable bonds is 2. The van der Waals surface area contributed by atoms with Gasteiger partial charge in [0.25, 0.3) is 0 Å². The first-order chi connectivity index (χ1) is 8.29. The summed E-state index contributed by atoms with van der Waals surface area (Å²) in [7, 11) is 1.70. The van der Waals surface area contributed by atoms with Crippen LogP contribution in [0.3, 0.4) is 0 Å². The molecule has 1 aliphatic carbocycles. The quantitative estimate of drug-likeness (QED) is 0.845. The first-order valence-corrected chi connectivity index (χ1v) is 6.24. The third-order valence-corrected chi connectivity index (χ3v) is 3.92. The molecule has 0 spiro atoms. The van der Waals surface area contributed by atoms with Crippen molar-refractivity contribution >= 4 is 5.57 Å². The number of nitrogens with one attached hydrogen (secondary N) is 1. The molecule has 0 bridgehead atoms. The zero-order valence-corrected chi connectivity index (χ0v) is 10.4. The van der Waals surface area contributed by atoms with Gasteiger partial charge in [-0.15, -0.1) is 0 Å². The van der Waals surface area contributed by atoms with Crippen molar-refractivity contribution < 1.29 is 4.74 Å². The number of fused-ring (bicyclic) bond motifs is 1. The van der Waals surface area contributed by atoms with Crippen LogP contribution in [0.4, 0.5) is 0 Å². The second-order valence-corrected chi connectivity index (χ2v) is 4.89. The Bertz CT molecular complexity index is 467. The van der Waals surface area contributed by atoms with Crippen LogP contribution in [0.5, 0.6) is 5.75 Å². The van der Waals surface area contributed by atoms with Gasteiger partial charge in [0.2, 0.25) is 0 Å². The Labute approximate surface area is 102 Å². The molecule has 2 atom stereocenters. The van der Waals surface area contributed by atoms with E-state index in [1.807, 2.05) is 13.1 Å². The Hall–Kier alpha value is -1.35. The lowest BCUT2D eigenvalue weighted by Crippen LogP contribution is -2.24. The zero-order chi connectivity index (χ0) is 11.8. The molecule has 0 amide bonds. The third-order valence-electron chi connectivity index (χ3n) is 3.92. The van der Waals surface area contributed by atoms with E-state index in [9.17, 15) is 0 Å². The van der Waals surface area contributed by atoms with Gasteiger partial charge in [0.05, 0.1) is 12.8 Å². The molecular weight excluding hydrogens is 212 g/mol. The molecule has 1 saturated heterocycles. The van der Waals surface area contributed by atoms with E-state index in [0.29, 0.717) is 6.04 Å². The van der Waals surface area contributed by atoms with E-state index >= 15 is 0 Å². The molecule has 0 radical (unpaired) electrons. The Morgan fingerprint density at radius 1 is 1.47 bits per heavy atom. The highest BCUT2D eigenvalue weighted by molar-refractivity contribution is 5.73. The largest absolute Gasteiger partial charge is 0.495 e. The number of ether oxygens (including phenoxy) is 1. The predicted molar refractivity (Wildman–Crippen MR) is 68.0 cm³/mol. The van der Waals surface area contributed by atoms with Gasteiger partial charge in [-0.05, 0) is 43.9 Å². The maximum Gasteiger partial charge on any atom is 0.140 e. The molecule has 2 heterocycles. The van der Waals surface area contributed by atoms with E-state index in [-0.39, 0.29) is 0 Å². The van der Waals surface area contributed by atoms with Crippen LogP contribution in [0.15, 0.2) is 18.3 Å². The van der Waals surface area contributed by atoms with Crippen molar-refractivity contribution in [3.63, 3.8) is 0 Å². The molecule has 3 rings (SSSR count). The zero-order valence-electron chi connectivity index (χ0n) is 10.4. The van der Waals surface area contributed by atoms with Crippen LogP contribution in [0, 0.1) is 12.8 Å². The highest BCUT2D eigenvalue weighted by Crippen LogP contribution is 2.38. The molecule has 1 aliphatic heterocycles. The SMILES string of the molecule is COc1cc(C2=CC[C@H]3CCN[C@@H]23)cnc1C. The standard InChI is InChI=1S/C14H18N2O/c1-9-13(17-2)7-11(8-16-9)12-4-3-10-5-6-15-14(10)12/h4,7-8,10,14-15H,3,5-6H2,1-2H3/t10-,14+/m0/s1. The number of hydrogen-bond acceptors (Lipinski definition) is 3. The number of methoxy groups -OCH3 is 1. The monoisotopic (exact) mass is 230 g/mol. The summed E-state index contributed by atoms with van der Waals surface area (Å²) < 4.78 is 5.35. The average molecular weight is 230 g/mol. The first-order valence-electron chi connectivity index (χ1n) is 6.24. The smallest absolute Gasteiger partial charge is 0.140 e. The van der Waals surface area contributed by atoms with Crippen LogP contribution >= 0.6 is 0 Å².